The summed E-state index contributed by atoms with van der Waals surface area (Å²) in [6.07, 6.45) is 12.5. The molecule has 0 aliphatic rings. The first kappa shape index (κ1) is 27.7. The Balaban J connectivity index is 0. The van der Waals surface area contributed by atoms with Gasteiger partial charge >= 0.3 is 51.4 Å². The molecule has 0 fully saturated rings. The molecule has 0 aromatic carbocycles. The van der Waals surface area contributed by atoms with Crippen molar-refractivity contribution in [1.29, 1.82) is 0 Å². The summed E-state index contributed by atoms with van der Waals surface area (Å²) in [4.78, 5) is 0. The van der Waals surface area contributed by atoms with Crippen LogP contribution in [0.5, 0.6) is 0 Å². The third-order valence-corrected chi connectivity index (χ3v) is 5.79. The molecule has 0 heterocycles. The molecule has 0 aromatic rings. The number of hydrogen-bond acceptors (Lipinski definition) is 4. The molecule has 0 aliphatic carbocycles. The predicted molar refractivity (Wildman–Crippen MR) is 95.5 cm³/mol. The van der Waals surface area contributed by atoms with Gasteiger partial charge in [-0.2, -0.15) is 0 Å². The van der Waals surface area contributed by atoms with Crippen molar-refractivity contribution in [2.24, 2.45) is 0 Å². The first-order valence-corrected chi connectivity index (χ1v) is 11.0. The smallest absolute Gasteiger partial charge is 0.748 e. The van der Waals surface area contributed by atoms with Crippen molar-refractivity contribution in [3.05, 3.63) is 0 Å². The number of rotatable bonds is 16. The van der Waals surface area contributed by atoms with E-state index in [4.69, 9.17) is 0 Å². The minimum absolute atomic E-state index is 0. The van der Waals surface area contributed by atoms with Crippen molar-refractivity contribution in [2.45, 2.75) is 115 Å². The number of aliphatic hydroxyl groups excluding tert-OH is 1. The summed E-state index contributed by atoms with van der Waals surface area (Å²) >= 11 is 0. The predicted octanol–water partition coefficient (Wildman–Crippen LogP) is 1.77. The van der Waals surface area contributed by atoms with Crippen LogP contribution in [0.3, 0.4) is 0 Å². The van der Waals surface area contributed by atoms with Crippen LogP contribution in [0.25, 0.3) is 0 Å². The molecule has 0 radical (unpaired) electrons. The molecule has 1 N–H and O–H groups in total. The van der Waals surface area contributed by atoms with Crippen LogP contribution in [0.4, 0.5) is 0 Å². The maximum Gasteiger partial charge on any atom is 1.00 e. The third-order valence-electron chi connectivity index (χ3n) is 4.50. The zero-order valence-corrected chi connectivity index (χ0v) is 20.1. The normalized spacial score (nSPS) is 14.2. The number of hydrogen-bond donors (Lipinski definition) is 1. The van der Waals surface area contributed by atoms with Crippen molar-refractivity contribution >= 4 is 10.1 Å². The van der Waals surface area contributed by atoms with Crippen LogP contribution in [0, 0.1) is 0 Å². The van der Waals surface area contributed by atoms with Crippen molar-refractivity contribution in [2.75, 3.05) is 0 Å². The molecule has 0 saturated carbocycles. The summed E-state index contributed by atoms with van der Waals surface area (Å²) in [7, 11) is -4.25. The second-order valence-electron chi connectivity index (χ2n) is 6.75. The minimum atomic E-state index is -4.25. The van der Waals surface area contributed by atoms with Crippen LogP contribution < -0.4 is 51.4 Å². The number of aliphatic hydroxyl groups is 1. The Labute approximate surface area is 192 Å². The van der Waals surface area contributed by atoms with Gasteiger partial charge in [-0.3, -0.25) is 0 Å². The summed E-state index contributed by atoms with van der Waals surface area (Å²) in [6, 6.07) is 0. The monoisotopic (exact) mass is 388 g/mol. The molecule has 140 valence electrons. The van der Waals surface area contributed by atoms with Gasteiger partial charge in [0.05, 0.1) is 16.2 Å². The molecular formula is C18H37KO4S. The van der Waals surface area contributed by atoms with Gasteiger partial charge in [-0.25, -0.2) is 8.42 Å². The Kier molecular flexibility index (Phi) is 20.7. The van der Waals surface area contributed by atoms with E-state index in [1.165, 1.54) is 32.1 Å². The van der Waals surface area contributed by atoms with Crippen molar-refractivity contribution < 1.29 is 69.5 Å². The van der Waals surface area contributed by atoms with E-state index in [9.17, 15) is 18.1 Å². The van der Waals surface area contributed by atoms with Crippen LogP contribution in [0.1, 0.15) is 104 Å². The molecule has 0 aromatic heterocycles. The molecule has 0 rings (SSSR count). The van der Waals surface area contributed by atoms with Crippen molar-refractivity contribution in [1.82, 2.24) is 0 Å². The summed E-state index contributed by atoms with van der Waals surface area (Å²) < 4.78 is 34.1. The van der Waals surface area contributed by atoms with E-state index in [1.807, 2.05) is 0 Å². The van der Waals surface area contributed by atoms with Gasteiger partial charge in [0.15, 0.2) is 0 Å². The molecule has 0 aliphatic heterocycles. The van der Waals surface area contributed by atoms with E-state index in [0.29, 0.717) is 25.7 Å². The molecular weight excluding hydrogens is 351 g/mol. The Morgan fingerprint density at radius 3 is 1.75 bits per heavy atom. The summed E-state index contributed by atoms with van der Waals surface area (Å²) in [5.74, 6) is 0. The Bertz CT molecular complexity index is 360. The molecule has 2 atom stereocenters. The average molecular weight is 389 g/mol. The summed E-state index contributed by atoms with van der Waals surface area (Å²) in [5, 5.41) is 8.99. The standard InChI is InChI=1S/C18H38O4S.K/c1-3-5-7-8-9-10-11-12-14-18(23(20,21)22)16-15-17(19)13-6-4-2;/h17-19H,3-16H2,1-2H3,(H,20,21,22);/q;+1/p-1. The van der Waals surface area contributed by atoms with Crippen LogP contribution >= 0.6 is 0 Å². The second-order valence-corrected chi connectivity index (χ2v) is 8.40. The van der Waals surface area contributed by atoms with E-state index < -0.39 is 21.5 Å². The van der Waals surface area contributed by atoms with Gasteiger partial charge in [0.1, 0.15) is 0 Å². The van der Waals surface area contributed by atoms with E-state index in [-0.39, 0.29) is 51.4 Å². The van der Waals surface area contributed by atoms with Crippen LogP contribution in [0.2, 0.25) is 0 Å². The minimum Gasteiger partial charge on any atom is -0.748 e. The zero-order chi connectivity index (χ0) is 17.6. The zero-order valence-electron chi connectivity index (χ0n) is 16.1. The molecule has 0 spiro atoms. The first-order chi connectivity index (χ1) is 10.9. The van der Waals surface area contributed by atoms with E-state index in [0.717, 1.165) is 32.1 Å². The molecule has 0 saturated heterocycles. The maximum atomic E-state index is 11.4. The molecule has 24 heavy (non-hydrogen) atoms. The van der Waals surface area contributed by atoms with Gasteiger partial charge in [0.2, 0.25) is 0 Å². The van der Waals surface area contributed by atoms with Crippen molar-refractivity contribution in [3.63, 3.8) is 0 Å². The summed E-state index contributed by atoms with van der Waals surface area (Å²) in [6.45, 7) is 4.25. The Morgan fingerprint density at radius 2 is 1.25 bits per heavy atom. The second kappa shape index (κ2) is 17.9. The number of unbranched alkanes of at least 4 members (excludes halogenated alkanes) is 8. The fourth-order valence-corrected chi connectivity index (χ4v) is 3.78. The van der Waals surface area contributed by atoms with Crippen LogP contribution in [-0.2, 0) is 10.1 Å². The average Bonchev–Trinajstić information content (AvgIpc) is 2.49. The van der Waals surface area contributed by atoms with E-state index in [2.05, 4.69) is 13.8 Å². The Hall–Kier alpha value is 1.51. The summed E-state index contributed by atoms with van der Waals surface area (Å²) in [5.41, 5.74) is 0. The Morgan fingerprint density at radius 1 is 0.750 bits per heavy atom. The van der Waals surface area contributed by atoms with Gasteiger partial charge < -0.3 is 9.66 Å². The van der Waals surface area contributed by atoms with Gasteiger partial charge in [-0.15, -0.1) is 0 Å². The quantitative estimate of drug-likeness (QED) is 0.248. The van der Waals surface area contributed by atoms with Crippen LogP contribution in [0.15, 0.2) is 0 Å². The molecule has 2 unspecified atom stereocenters. The van der Waals surface area contributed by atoms with E-state index in [1.54, 1.807) is 0 Å². The topological polar surface area (TPSA) is 77.4 Å². The maximum absolute atomic E-state index is 11.4. The molecule has 4 nitrogen and oxygen atoms in total. The van der Waals surface area contributed by atoms with E-state index >= 15 is 0 Å². The third kappa shape index (κ3) is 16.9. The van der Waals surface area contributed by atoms with Gasteiger partial charge in [-0.05, 0) is 25.7 Å². The SMILES string of the molecule is CCCCCCCCCCC(CCC(O)CCCC)S(=O)(=O)[O-].[K+]. The van der Waals surface area contributed by atoms with Gasteiger partial charge in [-0.1, -0.05) is 78.1 Å². The van der Waals surface area contributed by atoms with Crippen LogP contribution in [-0.4, -0.2) is 29.4 Å². The van der Waals surface area contributed by atoms with Crippen molar-refractivity contribution in [3.8, 4) is 0 Å². The fraction of sp³-hybridized carbons (Fsp3) is 1.00. The van der Waals surface area contributed by atoms with Gasteiger partial charge in [0.25, 0.3) is 0 Å². The van der Waals surface area contributed by atoms with Gasteiger partial charge in [0, 0.05) is 5.25 Å². The first-order valence-electron chi connectivity index (χ1n) is 9.54. The molecule has 6 heteroatoms. The molecule has 0 amide bonds. The fourth-order valence-electron chi connectivity index (χ4n) is 2.90. The molecule has 0 bridgehead atoms. The largest absolute Gasteiger partial charge is 1.00 e.